The third-order valence-corrected chi connectivity index (χ3v) is 4.12. The van der Waals surface area contributed by atoms with E-state index >= 15 is 0 Å². The Balaban J connectivity index is 1.94. The fraction of sp³-hybridized carbons (Fsp3) is 0.250. The summed E-state index contributed by atoms with van der Waals surface area (Å²) in [6.45, 7) is 2.77. The smallest absolute Gasteiger partial charge is 0.270 e. The zero-order valence-electron chi connectivity index (χ0n) is 10.2. The number of halogens is 1. The SMILES string of the molecule is Cc1cnc(CCNc2ccc([N+](=O)[O-])cc2Br)s1. The summed E-state index contributed by atoms with van der Waals surface area (Å²) in [6.07, 6.45) is 2.70. The van der Waals surface area contributed by atoms with Gasteiger partial charge in [-0.1, -0.05) is 0 Å². The highest BCUT2D eigenvalue weighted by Gasteiger charge is 2.08. The van der Waals surface area contributed by atoms with Crippen LogP contribution in [0.5, 0.6) is 0 Å². The molecule has 7 heteroatoms. The Morgan fingerprint density at radius 1 is 1.53 bits per heavy atom. The second-order valence-electron chi connectivity index (χ2n) is 3.96. The van der Waals surface area contributed by atoms with E-state index in [1.807, 2.05) is 13.1 Å². The predicted octanol–water partition coefficient (Wildman–Crippen LogP) is 3.78. The van der Waals surface area contributed by atoms with E-state index in [1.165, 1.54) is 17.0 Å². The van der Waals surface area contributed by atoms with Crippen molar-refractivity contribution in [3.05, 3.63) is 48.9 Å². The second-order valence-corrected chi connectivity index (χ2v) is 6.14. The molecule has 1 aromatic heterocycles. The van der Waals surface area contributed by atoms with Crippen LogP contribution in [0.3, 0.4) is 0 Å². The van der Waals surface area contributed by atoms with Gasteiger partial charge in [0.2, 0.25) is 0 Å². The first kappa shape index (κ1) is 14.0. The monoisotopic (exact) mass is 341 g/mol. The Kier molecular flexibility index (Phi) is 4.49. The number of nitrogens with zero attached hydrogens (tertiary/aromatic N) is 2. The maximum atomic E-state index is 10.6. The third-order valence-electron chi connectivity index (χ3n) is 2.49. The fourth-order valence-corrected chi connectivity index (χ4v) is 2.88. The molecule has 0 spiro atoms. The summed E-state index contributed by atoms with van der Waals surface area (Å²) < 4.78 is 0.692. The molecule has 0 saturated heterocycles. The van der Waals surface area contributed by atoms with Gasteiger partial charge in [-0.3, -0.25) is 10.1 Å². The highest BCUT2D eigenvalue weighted by atomic mass is 79.9. The number of anilines is 1. The lowest BCUT2D eigenvalue weighted by Crippen LogP contribution is -2.05. The lowest BCUT2D eigenvalue weighted by atomic mass is 10.3. The van der Waals surface area contributed by atoms with E-state index in [-0.39, 0.29) is 5.69 Å². The quantitative estimate of drug-likeness (QED) is 0.663. The molecule has 0 aliphatic rings. The molecule has 5 nitrogen and oxygen atoms in total. The Bertz CT molecular complexity index is 600. The van der Waals surface area contributed by atoms with Gasteiger partial charge in [0.1, 0.15) is 0 Å². The maximum Gasteiger partial charge on any atom is 0.270 e. The van der Waals surface area contributed by atoms with E-state index in [0.717, 1.165) is 23.7 Å². The van der Waals surface area contributed by atoms with Gasteiger partial charge in [0.15, 0.2) is 0 Å². The molecule has 0 bridgehead atoms. The number of aromatic nitrogens is 1. The van der Waals surface area contributed by atoms with Gasteiger partial charge in [-0.25, -0.2) is 4.98 Å². The molecule has 0 aliphatic carbocycles. The number of nitro groups is 1. The first-order valence-corrected chi connectivity index (χ1v) is 7.26. The number of hydrogen-bond acceptors (Lipinski definition) is 5. The van der Waals surface area contributed by atoms with Gasteiger partial charge in [0.25, 0.3) is 5.69 Å². The van der Waals surface area contributed by atoms with Crippen molar-refractivity contribution >= 4 is 38.6 Å². The Labute approximate surface area is 123 Å². The minimum atomic E-state index is -0.410. The number of benzene rings is 1. The summed E-state index contributed by atoms with van der Waals surface area (Å²) >= 11 is 5.01. The molecular formula is C12H12BrN3O2S. The van der Waals surface area contributed by atoms with Crippen LogP contribution >= 0.6 is 27.3 Å². The molecule has 19 heavy (non-hydrogen) atoms. The van der Waals surface area contributed by atoms with Crippen LogP contribution in [0.25, 0.3) is 0 Å². The first-order chi connectivity index (χ1) is 9.06. The lowest BCUT2D eigenvalue weighted by molar-refractivity contribution is -0.384. The molecule has 0 unspecified atom stereocenters. The highest BCUT2D eigenvalue weighted by Crippen LogP contribution is 2.27. The van der Waals surface area contributed by atoms with Crippen LogP contribution in [0.15, 0.2) is 28.9 Å². The molecule has 0 atom stereocenters. The number of nitro benzene ring substituents is 1. The molecule has 0 aliphatic heterocycles. The highest BCUT2D eigenvalue weighted by molar-refractivity contribution is 9.10. The Morgan fingerprint density at radius 2 is 2.32 bits per heavy atom. The molecule has 1 aromatic carbocycles. The van der Waals surface area contributed by atoms with Crippen LogP contribution < -0.4 is 5.32 Å². The van der Waals surface area contributed by atoms with Gasteiger partial charge in [-0.15, -0.1) is 11.3 Å². The van der Waals surface area contributed by atoms with Gasteiger partial charge in [-0.2, -0.15) is 0 Å². The summed E-state index contributed by atoms with van der Waals surface area (Å²) in [4.78, 5) is 15.7. The summed E-state index contributed by atoms with van der Waals surface area (Å²) in [7, 11) is 0. The number of rotatable bonds is 5. The van der Waals surface area contributed by atoms with Gasteiger partial charge in [0, 0.05) is 46.3 Å². The van der Waals surface area contributed by atoms with Crippen LogP contribution in [0.4, 0.5) is 11.4 Å². The lowest BCUT2D eigenvalue weighted by Gasteiger charge is -2.07. The van der Waals surface area contributed by atoms with Crippen LogP contribution in [0.1, 0.15) is 9.88 Å². The summed E-state index contributed by atoms with van der Waals surface area (Å²) in [6, 6.07) is 4.69. The standard InChI is InChI=1S/C12H12BrN3O2S/c1-8-7-15-12(19-8)4-5-14-11-3-2-9(16(17)18)6-10(11)13/h2-3,6-7,14H,4-5H2,1H3. The minimum Gasteiger partial charge on any atom is -0.384 e. The zero-order chi connectivity index (χ0) is 13.8. The Morgan fingerprint density at radius 3 is 2.89 bits per heavy atom. The number of hydrogen-bond donors (Lipinski definition) is 1. The number of nitrogens with one attached hydrogen (secondary N) is 1. The van der Waals surface area contributed by atoms with Crippen molar-refractivity contribution in [2.45, 2.75) is 13.3 Å². The maximum absolute atomic E-state index is 10.6. The number of aryl methyl sites for hydroxylation is 1. The molecule has 1 N–H and O–H groups in total. The molecular weight excluding hydrogens is 330 g/mol. The normalized spacial score (nSPS) is 10.4. The van der Waals surface area contributed by atoms with Crippen molar-refractivity contribution in [1.29, 1.82) is 0 Å². The van der Waals surface area contributed by atoms with Crippen molar-refractivity contribution in [3.63, 3.8) is 0 Å². The third kappa shape index (κ3) is 3.74. The molecule has 100 valence electrons. The minimum absolute atomic E-state index is 0.0768. The number of thiazole rings is 1. The molecule has 0 saturated carbocycles. The molecule has 2 rings (SSSR count). The Hall–Kier alpha value is -1.47. The number of non-ortho nitro benzene ring substituents is 1. The molecule has 2 aromatic rings. The first-order valence-electron chi connectivity index (χ1n) is 5.65. The van der Waals surface area contributed by atoms with Crippen molar-refractivity contribution < 1.29 is 4.92 Å². The van der Waals surface area contributed by atoms with Crippen molar-refractivity contribution in [2.24, 2.45) is 0 Å². The van der Waals surface area contributed by atoms with Crippen molar-refractivity contribution in [2.75, 3.05) is 11.9 Å². The van der Waals surface area contributed by atoms with Gasteiger partial charge in [0.05, 0.1) is 9.93 Å². The van der Waals surface area contributed by atoms with E-state index < -0.39 is 4.92 Å². The van der Waals surface area contributed by atoms with Crippen molar-refractivity contribution in [1.82, 2.24) is 4.98 Å². The van der Waals surface area contributed by atoms with Crippen LogP contribution in [0, 0.1) is 17.0 Å². The fourth-order valence-electron chi connectivity index (χ4n) is 1.58. The molecule has 0 radical (unpaired) electrons. The van der Waals surface area contributed by atoms with Gasteiger partial charge >= 0.3 is 0 Å². The topological polar surface area (TPSA) is 68.1 Å². The van der Waals surface area contributed by atoms with E-state index in [2.05, 4.69) is 26.2 Å². The molecule has 0 fully saturated rings. The van der Waals surface area contributed by atoms with Crippen molar-refractivity contribution in [3.8, 4) is 0 Å². The van der Waals surface area contributed by atoms with E-state index in [4.69, 9.17) is 0 Å². The average Bonchev–Trinajstić information content (AvgIpc) is 2.77. The zero-order valence-corrected chi connectivity index (χ0v) is 12.6. The molecule has 0 amide bonds. The average molecular weight is 342 g/mol. The summed E-state index contributed by atoms with van der Waals surface area (Å²) in [5.74, 6) is 0. The van der Waals surface area contributed by atoms with E-state index in [9.17, 15) is 10.1 Å². The molecule has 1 heterocycles. The van der Waals surface area contributed by atoms with Gasteiger partial charge < -0.3 is 5.32 Å². The van der Waals surface area contributed by atoms with E-state index in [0.29, 0.717) is 4.47 Å². The largest absolute Gasteiger partial charge is 0.384 e. The van der Waals surface area contributed by atoms with Gasteiger partial charge in [-0.05, 0) is 28.9 Å². The van der Waals surface area contributed by atoms with E-state index in [1.54, 1.807) is 17.4 Å². The van der Waals surface area contributed by atoms with Crippen LogP contribution in [-0.4, -0.2) is 16.5 Å². The second kappa shape index (κ2) is 6.12. The van der Waals surface area contributed by atoms with Crippen LogP contribution in [0.2, 0.25) is 0 Å². The summed E-state index contributed by atoms with van der Waals surface area (Å²) in [5.41, 5.74) is 0.923. The van der Waals surface area contributed by atoms with Crippen LogP contribution in [-0.2, 0) is 6.42 Å². The predicted molar refractivity (Wildman–Crippen MR) is 79.8 cm³/mol. The summed E-state index contributed by atoms with van der Waals surface area (Å²) in [5, 5.41) is 14.9.